The number of primary amides is 1. The zero-order valence-electron chi connectivity index (χ0n) is 15.8. The van der Waals surface area contributed by atoms with Crippen molar-refractivity contribution in [3.63, 3.8) is 0 Å². The number of hydrogen-bond donors (Lipinski definition) is 4. The molecule has 2 unspecified atom stereocenters. The van der Waals surface area contributed by atoms with E-state index in [1.54, 1.807) is 5.38 Å². The number of unbranched alkanes of at least 4 members (excludes halogenated alkanes) is 1. The van der Waals surface area contributed by atoms with Gasteiger partial charge in [0, 0.05) is 28.9 Å². The molecule has 28 heavy (non-hydrogen) atoms. The maximum Gasteiger partial charge on any atom is 0.271 e. The van der Waals surface area contributed by atoms with Gasteiger partial charge in [0.2, 0.25) is 5.91 Å². The number of fused-ring (bicyclic) bond motifs is 1. The average molecular weight is 400 g/mol. The van der Waals surface area contributed by atoms with E-state index in [0.29, 0.717) is 6.42 Å². The first-order valence-electron chi connectivity index (χ1n) is 9.35. The van der Waals surface area contributed by atoms with E-state index in [0.717, 1.165) is 40.7 Å². The topological polar surface area (TPSA) is 127 Å². The van der Waals surface area contributed by atoms with E-state index in [2.05, 4.69) is 22.2 Å². The number of nitrogens with one attached hydrogen (secondary N) is 2. The van der Waals surface area contributed by atoms with Gasteiger partial charge in [-0.25, -0.2) is 4.98 Å². The van der Waals surface area contributed by atoms with Crippen LogP contribution in [-0.4, -0.2) is 27.8 Å². The number of rotatable bonds is 9. The Kier molecular flexibility index (Phi) is 6.43. The van der Waals surface area contributed by atoms with Crippen molar-refractivity contribution < 1.29 is 9.59 Å². The minimum atomic E-state index is -0.828. The van der Waals surface area contributed by atoms with Gasteiger partial charge in [-0.1, -0.05) is 38.0 Å². The Hall–Kier alpha value is -2.71. The largest absolute Gasteiger partial charge is 0.368 e. The van der Waals surface area contributed by atoms with E-state index in [1.165, 1.54) is 11.3 Å². The van der Waals surface area contributed by atoms with E-state index >= 15 is 0 Å². The number of H-pyrrole nitrogens is 1. The molecule has 0 bridgehead atoms. The van der Waals surface area contributed by atoms with Gasteiger partial charge in [0.05, 0.1) is 6.04 Å². The first-order chi connectivity index (χ1) is 13.5. The Morgan fingerprint density at radius 2 is 2.11 bits per heavy atom. The standard InChI is InChI=1S/C20H25N5O2S/c1-2-3-7-14(21)20-25-17(11-28-20)19(27)24-16(18(22)26)9-12-10-23-15-8-5-4-6-13(12)15/h4-6,8,10-11,14,16,23H,2-3,7,9,21H2,1H3,(H2,22,26)(H,24,27). The maximum absolute atomic E-state index is 12.6. The predicted octanol–water partition coefficient (Wildman–Crippen LogP) is 2.64. The van der Waals surface area contributed by atoms with Gasteiger partial charge >= 0.3 is 0 Å². The Morgan fingerprint density at radius 3 is 2.86 bits per heavy atom. The Labute approximate surface area is 167 Å². The Balaban J connectivity index is 1.70. The first-order valence-corrected chi connectivity index (χ1v) is 10.2. The summed E-state index contributed by atoms with van der Waals surface area (Å²) in [6, 6.07) is 6.77. The highest BCUT2D eigenvalue weighted by molar-refractivity contribution is 7.09. The Morgan fingerprint density at radius 1 is 1.32 bits per heavy atom. The fraction of sp³-hybridized carbons (Fsp3) is 0.350. The summed E-state index contributed by atoms with van der Waals surface area (Å²) >= 11 is 1.36. The summed E-state index contributed by atoms with van der Waals surface area (Å²) in [5, 5.41) is 6.10. The second-order valence-corrected chi connectivity index (χ2v) is 7.70. The normalized spacial score (nSPS) is 13.4. The number of para-hydroxylation sites is 1. The number of aromatic nitrogens is 2. The zero-order chi connectivity index (χ0) is 20.1. The van der Waals surface area contributed by atoms with Crippen LogP contribution in [0.5, 0.6) is 0 Å². The highest BCUT2D eigenvalue weighted by Crippen LogP contribution is 2.22. The fourth-order valence-corrected chi connectivity index (χ4v) is 3.92. The molecule has 3 aromatic rings. The van der Waals surface area contributed by atoms with Crippen molar-refractivity contribution in [1.82, 2.24) is 15.3 Å². The van der Waals surface area contributed by atoms with Crippen molar-refractivity contribution >= 4 is 34.1 Å². The molecular formula is C20H25N5O2S. The van der Waals surface area contributed by atoms with Crippen LogP contribution < -0.4 is 16.8 Å². The minimum Gasteiger partial charge on any atom is -0.368 e. The van der Waals surface area contributed by atoms with E-state index in [-0.39, 0.29) is 11.7 Å². The SMILES string of the molecule is CCCCC(N)c1nc(C(=O)NC(Cc2c[nH]c3ccccc23)C(N)=O)cs1. The number of carbonyl (C=O) groups is 2. The number of carbonyl (C=O) groups excluding carboxylic acids is 2. The number of benzene rings is 1. The molecule has 2 aromatic heterocycles. The molecule has 0 radical (unpaired) electrons. The lowest BCUT2D eigenvalue weighted by molar-refractivity contribution is -0.119. The molecular weight excluding hydrogens is 374 g/mol. The van der Waals surface area contributed by atoms with Crippen molar-refractivity contribution in [3.8, 4) is 0 Å². The predicted molar refractivity (Wildman–Crippen MR) is 111 cm³/mol. The van der Waals surface area contributed by atoms with Crippen LogP contribution in [0, 0.1) is 0 Å². The molecule has 6 N–H and O–H groups in total. The van der Waals surface area contributed by atoms with Gasteiger partial charge in [-0.15, -0.1) is 11.3 Å². The summed E-state index contributed by atoms with van der Waals surface area (Å²) in [5.41, 5.74) is 13.8. The van der Waals surface area contributed by atoms with Gasteiger partial charge in [-0.2, -0.15) is 0 Å². The van der Waals surface area contributed by atoms with Gasteiger partial charge in [-0.3, -0.25) is 9.59 Å². The fourth-order valence-electron chi connectivity index (χ4n) is 3.09. The highest BCUT2D eigenvalue weighted by atomic mass is 32.1. The monoisotopic (exact) mass is 399 g/mol. The van der Waals surface area contributed by atoms with Crippen LogP contribution in [0.25, 0.3) is 10.9 Å². The van der Waals surface area contributed by atoms with Crippen molar-refractivity contribution in [2.75, 3.05) is 0 Å². The zero-order valence-corrected chi connectivity index (χ0v) is 16.6. The minimum absolute atomic E-state index is 0.176. The lowest BCUT2D eigenvalue weighted by Gasteiger charge is -2.14. The summed E-state index contributed by atoms with van der Waals surface area (Å²) in [6.45, 7) is 2.10. The van der Waals surface area contributed by atoms with Gasteiger partial charge in [0.1, 0.15) is 16.7 Å². The third-order valence-electron chi connectivity index (χ3n) is 4.69. The summed E-state index contributed by atoms with van der Waals surface area (Å²) in [5.74, 6) is -1.01. The van der Waals surface area contributed by atoms with Crippen LogP contribution in [0.2, 0.25) is 0 Å². The second kappa shape index (κ2) is 8.99. The van der Waals surface area contributed by atoms with Gasteiger partial charge in [0.25, 0.3) is 5.91 Å². The number of amides is 2. The van der Waals surface area contributed by atoms with Crippen LogP contribution in [0.4, 0.5) is 0 Å². The first kappa shape index (κ1) is 20.0. The summed E-state index contributed by atoms with van der Waals surface area (Å²) in [6.07, 6.45) is 5.03. The smallest absolute Gasteiger partial charge is 0.271 e. The van der Waals surface area contributed by atoms with E-state index in [1.807, 2.05) is 30.5 Å². The number of hydrogen-bond acceptors (Lipinski definition) is 5. The van der Waals surface area contributed by atoms with Crippen molar-refractivity contribution in [2.24, 2.45) is 11.5 Å². The molecule has 0 aliphatic rings. The molecule has 2 atom stereocenters. The van der Waals surface area contributed by atoms with E-state index < -0.39 is 17.9 Å². The van der Waals surface area contributed by atoms with Gasteiger partial charge in [0.15, 0.2) is 0 Å². The summed E-state index contributed by atoms with van der Waals surface area (Å²) in [7, 11) is 0. The van der Waals surface area contributed by atoms with Crippen LogP contribution in [0.3, 0.4) is 0 Å². The summed E-state index contributed by atoms with van der Waals surface area (Å²) in [4.78, 5) is 32.0. The molecule has 0 saturated heterocycles. The molecule has 3 rings (SSSR count). The van der Waals surface area contributed by atoms with Crippen molar-refractivity contribution in [3.05, 3.63) is 52.1 Å². The van der Waals surface area contributed by atoms with E-state index in [4.69, 9.17) is 11.5 Å². The third-order valence-corrected chi connectivity index (χ3v) is 5.66. The molecule has 1 aromatic carbocycles. The van der Waals surface area contributed by atoms with Crippen LogP contribution in [-0.2, 0) is 11.2 Å². The van der Waals surface area contributed by atoms with Gasteiger partial charge in [-0.05, 0) is 18.1 Å². The molecule has 2 heterocycles. The van der Waals surface area contributed by atoms with Crippen molar-refractivity contribution in [2.45, 2.75) is 44.7 Å². The number of nitrogens with two attached hydrogens (primary N) is 2. The molecule has 7 nitrogen and oxygen atoms in total. The third kappa shape index (κ3) is 4.58. The lowest BCUT2D eigenvalue weighted by Crippen LogP contribution is -2.46. The van der Waals surface area contributed by atoms with Crippen LogP contribution in [0.1, 0.15) is 53.3 Å². The number of aromatic amines is 1. The number of thiazole rings is 1. The highest BCUT2D eigenvalue weighted by Gasteiger charge is 2.23. The van der Waals surface area contributed by atoms with Gasteiger partial charge < -0.3 is 21.8 Å². The van der Waals surface area contributed by atoms with E-state index in [9.17, 15) is 9.59 Å². The molecule has 0 fully saturated rings. The molecule has 148 valence electrons. The van der Waals surface area contributed by atoms with Crippen LogP contribution in [0.15, 0.2) is 35.8 Å². The van der Waals surface area contributed by atoms with Crippen molar-refractivity contribution in [1.29, 1.82) is 0 Å². The lowest BCUT2D eigenvalue weighted by atomic mass is 10.0. The summed E-state index contributed by atoms with van der Waals surface area (Å²) < 4.78 is 0. The van der Waals surface area contributed by atoms with Crippen LogP contribution >= 0.6 is 11.3 Å². The molecule has 0 spiro atoms. The molecule has 8 heteroatoms. The molecule has 0 aliphatic heterocycles. The second-order valence-electron chi connectivity index (χ2n) is 6.81. The Bertz CT molecular complexity index is 964. The molecule has 0 aliphatic carbocycles. The quantitative estimate of drug-likeness (QED) is 0.441. The molecule has 2 amide bonds. The number of nitrogens with zero attached hydrogens (tertiary/aromatic N) is 1. The molecule has 0 saturated carbocycles. The average Bonchev–Trinajstić information content (AvgIpc) is 3.33. The maximum atomic E-state index is 12.6.